The summed E-state index contributed by atoms with van der Waals surface area (Å²) in [5.74, 6) is 0.0551. The van der Waals surface area contributed by atoms with Crippen molar-refractivity contribution in [1.82, 2.24) is 15.5 Å². The average molecular weight is 215 g/mol. The lowest BCUT2D eigenvalue weighted by molar-refractivity contribution is -0.120. The number of rotatable bonds is 6. The summed E-state index contributed by atoms with van der Waals surface area (Å²) in [4.78, 5) is 13.5. The molecule has 0 bridgehead atoms. The molecule has 0 aromatic heterocycles. The van der Waals surface area contributed by atoms with Crippen LogP contribution in [0, 0.1) is 0 Å². The van der Waals surface area contributed by atoms with Crippen LogP contribution in [0.1, 0.15) is 27.7 Å². The van der Waals surface area contributed by atoms with Crippen molar-refractivity contribution in [3.05, 3.63) is 0 Å². The normalized spacial score (nSPS) is 12.3. The molecule has 0 aliphatic heterocycles. The Bertz CT molecular complexity index is 200. The lowest BCUT2D eigenvalue weighted by Crippen LogP contribution is -2.49. The van der Waals surface area contributed by atoms with Crippen LogP contribution >= 0.6 is 0 Å². The van der Waals surface area contributed by atoms with Gasteiger partial charge in [-0.05, 0) is 41.8 Å². The maximum Gasteiger partial charge on any atom is 0.234 e. The highest BCUT2D eigenvalue weighted by Crippen LogP contribution is 2.07. The van der Waals surface area contributed by atoms with Gasteiger partial charge in [0.15, 0.2) is 0 Å². The van der Waals surface area contributed by atoms with Gasteiger partial charge in [0.25, 0.3) is 0 Å². The predicted octanol–water partition coefficient (Wildman–Crippen LogP) is 0.441. The highest BCUT2D eigenvalue weighted by atomic mass is 16.1. The lowest BCUT2D eigenvalue weighted by atomic mass is 10.0. The molecule has 0 rings (SSSR count). The highest BCUT2D eigenvalue weighted by molar-refractivity contribution is 5.78. The van der Waals surface area contributed by atoms with E-state index in [1.165, 1.54) is 0 Å². The Hall–Kier alpha value is -0.610. The first-order chi connectivity index (χ1) is 6.75. The largest absolute Gasteiger partial charge is 0.353 e. The number of nitrogens with one attached hydrogen (secondary N) is 2. The van der Waals surface area contributed by atoms with Crippen molar-refractivity contribution in [3.63, 3.8) is 0 Å². The molecular weight excluding hydrogens is 190 g/mol. The van der Waals surface area contributed by atoms with Crippen molar-refractivity contribution >= 4 is 5.91 Å². The van der Waals surface area contributed by atoms with E-state index in [1.807, 2.05) is 27.9 Å². The Morgan fingerprint density at radius 3 is 2.27 bits per heavy atom. The Balaban J connectivity index is 3.75. The minimum Gasteiger partial charge on any atom is -0.353 e. The van der Waals surface area contributed by atoms with Crippen molar-refractivity contribution in [2.75, 3.05) is 27.2 Å². The van der Waals surface area contributed by atoms with Crippen molar-refractivity contribution in [2.45, 2.75) is 39.3 Å². The molecule has 0 heterocycles. The summed E-state index contributed by atoms with van der Waals surface area (Å²) in [6.07, 6.45) is 0. The van der Waals surface area contributed by atoms with Crippen LogP contribution in [-0.4, -0.2) is 49.6 Å². The fourth-order valence-electron chi connectivity index (χ4n) is 1.01. The topological polar surface area (TPSA) is 44.4 Å². The molecule has 0 radical (unpaired) electrons. The molecule has 2 N–H and O–H groups in total. The van der Waals surface area contributed by atoms with Crippen LogP contribution in [-0.2, 0) is 4.79 Å². The Kier molecular flexibility index (Phi) is 5.83. The van der Waals surface area contributed by atoms with E-state index in [0.717, 1.165) is 6.54 Å². The third kappa shape index (κ3) is 6.47. The number of nitrogens with zero attached hydrogens (tertiary/aromatic N) is 1. The fraction of sp³-hybridized carbons (Fsp3) is 0.909. The molecule has 0 spiro atoms. The molecule has 0 saturated carbocycles. The summed E-state index contributed by atoms with van der Waals surface area (Å²) in [7, 11) is 4.08. The van der Waals surface area contributed by atoms with E-state index in [9.17, 15) is 4.79 Å². The molecule has 0 fully saturated rings. The van der Waals surface area contributed by atoms with Gasteiger partial charge in [0, 0.05) is 18.1 Å². The molecule has 0 aromatic rings. The summed E-state index contributed by atoms with van der Waals surface area (Å²) >= 11 is 0. The molecule has 0 aliphatic carbocycles. The van der Waals surface area contributed by atoms with Crippen LogP contribution in [0.2, 0.25) is 0 Å². The summed E-state index contributed by atoms with van der Waals surface area (Å²) in [6.45, 7) is 9.38. The molecule has 4 nitrogen and oxygen atoms in total. The maximum atomic E-state index is 11.3. The smallest absolute Gasteiger partial charge is 0.234 e. The van der Waals surface area contributed by atoms with Gasteiger partial charge in [-0.2, -0.15) is 0 Å². The number of likely N-dealkylation sites (N-methyl/N-ethyl adjacent to an activating group) is 1. The van der Waals surface area contributed by atoms with E-state index < -0.39 is 0 Å². The van der Waals surface area contributed by atoms with E-state index >= 15 is 0 Å². The minimum atomic E-state index is 0.0551. The van der Waals surface area contributed by atoms with E-state index in [2.05, 4.69) is 29.4 Å². The Morgan fingerprint density at radius 1 is 1.33 bits per heavy atom. The first-order valence-electron chi connectivity index (χ1n) is 5.43. The zero-order valence-electron chi connectivity index (χ0n) is 10.8. The third-order valence-electron chi connectivity index (χ3n) is 2.50. The molecule has 90 valence electrons. The van der Waals surface area contributed by atoms with Crippen LogP contribution in [0.15, 0.2) is 0 Å². The van der Waals surface area contributed by atoms with Crippen LogP contribution in [0.25, 0.3) is 0 Å². The second kappa shape index (κ2) is 6.08. The van der Waals surface area contributed by atoms with Gasteiger partial charge < -0.3 is 15.5 Å². The monoisotopic (exact) mass is 215 g/mol. The molecule has 0 aromatic carbocycles. The minimum absolute atomic E-state index is 0.0551. The Morgan fingerprint density at radius 2 is 1.87 bits per heavy atom. The summed E-state index contributed by atoms with van der Waals surface area (Å²) < 4.78 is 0. The number of amides is 1. The van der Waals surface area contributed by atoms with Crippen molar-refractivity contribution in [1.29, 1.82) is 0 Å². The lowest BCUT2D eigenvalue weighted by Gasteiger charge is -2.32. The van der Waals surface area contributed by atoms with Gasteiger partial charge in [-0.25, -0.2) is 0 Å². The van der Waals surface area contributed by atoms with Gasteiger partial charge in [0.2, 0.25) is 5.91 Å². The SMILES string of the molecule is CC(C)NC(=O)CNCC(C)(C)N(C)C. The van der Waals surface area contributed by atoms with Crippen molar-refractivity contribution in [3.8, 4) is 0 Å². The van der Waals surface area contributed by atoms with Gasteiger partial charge in [0.05, 0.1) is 6.54 Å². The molecule has 1 amide bonds. The van der Waals surface area contributed by atoms with Crippen LogP contribution < -0.4 is 10.6 Å². The third-order valence-corrected chi connectivity index (χ3v) is 2.50. The first-order valence-corrected chi connectivity index (χ1v) is 5.43. The number of hydrogen-bond donors (Lipinski definition) is 2. The van der Waals surface area contributed by atoms with E-state index in [4.69, 9.17) is 0 Å². The van der Waals surface area contributed by atoms with E-state index in [1.54, 1.807) is 0 Å². The molecule has 0 saturated heterocycles. The van der Waals surface area contributed by atoms with Gasteiger partial charge in [-0.3, -0.25) is 4.79 Å². The van der Waals surface area contributed by atoms with Crippen LogP contribution in [0.3, 0.4) is 0 Å². The van der Waals surface area contributed by atoms with Crippen molar-refractivity contribution in [2.24, 2.45) is 0 Å². The van der Waals surface area contributed by atoms with Crippen molar-refractivity contribution < 1.29 is 4.79 Å². The second-order valence-corrected chi connectivity index (χ2v) is 5.03. The fourth-order valence-corrected chi connectivity index (χ4v) is 1.01. The standard InChI is InChI=1S/C11H25N3O/c1-9(2)13-10(15)7-12-8-11(3,4)14(5)6/h9,12H,7-8H2,1-6H3,(H,13,15). The van der Waals surface area contributed by atoms with Gasteiger partial charge in [-0.1, -0.05) is 0 Å². The number of carbonyl (C=O) groups is 1. The van der Waals surface area contributed by atoms with E-state index in [-0.39, 0.29) is 17.5 Å². The Labute approximate surface area is 93.4 Å². The molecule has 0 unspecified atom stereocenters. The zero-order valence-corrected chi connectivity index (χ0v) is 10.8. The zero-order chi connectivity index (χ0) is 12.1. The number of hydrogen-bond acceptors (Lipinski definition) is 3. The second-order valence-electron chi connectivity index (χ2n) is 5.03. The summed E-state index contributed by atoms with van der Waals surface area (Å²) in [5, 5.41) is 6.00. The first kappa shape index (κ1) is 14.4. The molecule has 4 heteroatoms. The highest BCUT2D eigenvalue weighted by Gasteiger charge is 2.19. The van der Waals surface area contributed by atoms with Gasteiger partial charge >= 0.3 is 0 Å². The molecule has 0 aliphatic rings. The quantitative estimate of drug-likeness (QED) is 0.676. The van der Waals surface area contributed by atoms with Gasteiger partial charge in [-0.15, -0.1) is 0 Å². The summed E-state index contributed by atoms with van der Waals surface area (Å²) in [6, 6.07) is 0.209. The number of carbonyl (C=O) groups excluding carboxylic acids is 1. The average Bonchev–Trinajstić information content (AvgIpc) is 2.01. The summed E-state index contributed by atoms with van der Waals surface area (Å²) in [5.41, 5.74) is 0.0676. The molecule has 0 atom stereocenters. The molecular formula is C11H25N3O. The van der Waals surface area contributed by atoms with E-state index in [0.29, 0.717) is 6.54 Å². The molecule has 15 heavy (non-hydrogen) atoms. The van der Waals surface area contributed by atoms with Crippen LogP contribution in [0.5, 0.6) is 0 Å². The van der Waals surface area contributed by atoms with Gasteiger partial charge in [0.1, 0.15) is 0 Å². The maximum absolute atomic E-state index is 11.3. The predicted molar refractivity (Wildman–Crippen MR) is 63.9 cm³/mol. The van der Waals surface area contributed by atoms with Crippen LogP contribution in [0.4, 0.5) is 0 Å².